The minimum absolute atomic E-state index is 0.351. The molecule has 0 N–H and O–H groups in total. The summed E-state index contributed by atoms with van der Waals surface area (Å²) in [5.41, 5.74) is 0. The minimum atomic E-state index is -1.98. The fraction of sp³-hybridized carbons (Fsp3) is 0.750. The van der Waals surface area contributed by atoms with E-state index in [-0.39, 0.29) is 0 Å². The van der Waals surface area contributed by atoms with Crippen LogP contribution < -0.4 is 0 Å². The van der Waals surface area contributed by atoms with Crippen molar-refractivity contribution >= 4 is 29.1 Å². The van der Waals surface area contributed by atoms with Crippen molar-refractivity contribution in [1.29, 1.82) is 0 Å². The van der Waals surface area contributed by atoms with Crippen molar-refractivity contribution in [1.82, 2.24) is 0 Å². The number of ether oxygens (including phenoxy) is 1. The SMILES string of the molecule is C[Si](C)COC(=O)C(=O)O[Si](C)(C)C. The molecule has 0 unspecified atom stereocenters. The molecule has 0 atom stereocenters. The molecule has 81 valence electrons. The van der Waals surface area contributed by atoms with Crippen molar-refractivity contribution in [2.45, 2.75) is 32.7 Å². The molecular formula is C8H17O4Si2. The highest BCUT2D eigenvalue weighted by Gasteiger charge is 2.26. The summed E-state index contributed by atoms with van der Waals surface area (Å²) in [5, 5.41) is 0. The van der Waals surface area contributed by atoms with Gasteiger partial charge in [-0.25, -0.2) is 9.59 Å². The molecule has 0 aromatic carbocycles. The minimum Gasteiger partial charge on any atom is -0.512 e. The van der Waals surface area contributed by atoms with Crippen LogP contribution in [0.4, 0.5) is 0 Å². The molecule has 0 fully saturated rings. The third-order valence-electron chi connectivity index (χ3n) is 1.06. The van der Waals surface area contributed by atoms with Crippen LogP contribution in [0.3, 0.4) is 0 Å². The quantitative estimate of drug-likeness (QED) is 0.417. The van der Waals surface area contributed by atoms with Gasteiger partial charge in [-0.2, -0.15) is 0 Å². The summed E-state index contributed by atoms with van der Waals surface area (Å²) in [4.78, 5) is 22.2. The smallest absolute Gasteiger partial charge is 0.415 e. The summed E-state index contributed by atoms with van der Waals surface area (Å²) in [7, 11) is -2.63. The first-order valence-corrected chi connectivity index (χ1v) is 10.5. The van der Waals surface area contributed by atoms with E-state index < -0.39 is 29.1 Å². The van der Waals surface area contributed by atoms with E-state index >= 15 is 0 Å². The molecule has 6 heteroatoms. The average Bonchev–Trinajstić information content (AvgIpc) is 1.96. The summed E-state index contributed by atoms with van der Waals surface area (Å²) in [6.45, 7) is 9.52. The van der Waals surface area contributed by atoms with Gasteiger partial charge in [-0.3, -0.25) is 0 Å². The van der Waals surface area contributed by atoms with E-state index in [0.29, 0.717) is 6.23 Å². The van der Waals surface area contributed by atoms with E-state index in [4.69, 9.17) is 9.16 Å². The highest BCUT2D eigenvalue weighted by Crippen LogP contribution is 2.03. The standard InChI is InChI=1S/C8H17O4Si2/c1-13(2)6-11-7(9)8(10)12-14(3,4)5/h6H2,1-5H3. The topological polar surface area (TPSA) is 52.6 Å². The molecule has 0 amide bonds. The molecule has 0 saturated carbocycles. The largest absolute Gasteiger partial charge is 0.512 e. The van der Waals surface area contributed by atoms with Gasteiger partial charge in [0, 0.05) is 0 Å². The monoisotopic (exact) mass is 233 g/mol. The molecule has 0 aliphatic heterocycles. The molecule has 4 nitrogen and oxygen atoms in total. The lowest BCUT2D eigenvalue weighted by Crippen LogP contribution is -2.34. The highest BCUT2D eigenvalue weighted by atomic mass is 28.4. The Bertz CT molecular complexity index is 220. The van der Waals surface area contributed by atoms with Crippen LogP contribution in [0.1, 0.15) is 0 Å². The van der Waals surface area contributed by atoms with Crippen molar-refractivity contribution in [3.63, 3.8) is 0 Å². The van der Waals surface area contributed by atoms with Crippen molar-refractivity contribution in [3.8, 4) is 0 Å². The maximum absolute atomic E-state index is 11.1. The second-order valence-corrected chi connectivity index (χ2v) is 11.4. The maximum atomic E-state index is 11.1. The molecule has 14 heavy (non-hydrogen) atoms. The van der Waals surface area contributed by atoms with Crippen LogP contribution in [0.25, 0.3) is 0 Å². The van der Waals surface area contributed by atoms with E-state index in [1.807, 2.05) is 32.7 Å². The van der Waals surface area contributed by atoms with Crippen molar-refractivity contribution in [2.75, 3.05) is 6.23 Å². The third-order valence-corrected chi connectivity index (χ3v) is 2.58. The Morgan fingerprint density at radius 3 is 2.00 bits per heavy atom. The number of hydrogen-bond acceptors (Lipinski definition) is 4. The zero-order valence-corrected chi connectivity index (χ0v) is 11.3. The second-order valence-electron chi connectivity index (χ2n) is 4.29. The molecule has 0 bridgehead atoms. The van der Waals surface area contributed by atoms with Gasteiger partial charge in [0.1, 0.15) is 0 Å². The van der Waals surface area contributed by atoms with Crippen LogP contribution in [0.15, 0.2) is 0 Å². The molecule has 0 saturated heterocycles. The maximum Gasteiger partial charge on any atom is 0.415 e. The highest BCUT2D eigenvalue weighted by molar-refractivity contribution is 6.72. The molecule has 0 aliphatic rings. The van der Waals surface area contributed by atoms with Gasteiger partial charge in [0.15, 0.2) is 0 Å². The zero-order valence-electron chi connectivity index (χ0n) is 9.34. The lowest BCUT2D eigenvalue weighted by Gasteiger charge is -2.16. The normalized spacial score (nSPS) is 11.3. The van der Waals surface area contributed by atoms with Crippen LogP contribution >= 0.6 is 0 Å². The second kappa shape index (κ2) is 5.30. The Kier molecular flexibility index (Phi) is 5.07. The summed E-state index contributed by atoms with van der Waals surface area (Å²) in [5.74, 6) is -1.72. The number of hydrogen-bond donors (Lipinski definition) is 0. The number of carbonyl (C=O) groups excluding carboxylic acids is 2. The lowest BCUT2D eigenvalue weighted by molar-refractivity contribution is -0.161. The van der Waals surface area contributed by atoms with Gasteiger partial charge in [0.2, 0.25) is 8.32 Å². The molecule has 0 spiro atoms. The Morgan fingerprint density at radius 2 is 1.64 bits per heavy atom. The number of carbonyl (C=O) groups is 2. The Morgan fingerprint density at radius 1 is 1.14 bits per heavy atom. The Hall–Kier alpha value is -0.626. The molecule has 0 aromatic heterocycles. The van der Waals surface area contributed by atoms with Crippen LogP contribution in [0.2, 0.25) is 32.7 Å². The Labute approximate surface area is 87.3 Å². The fourth-order valence-corrected chi connectivity index (χ4v) is 1.65. The summed E-state index contributed by atoms with van der Waals surface area (Å²) < 4.78 is 9.73. The molecule has 0 rings (SSSR count). The number of esters is 1. The summed E-state index contributed by atoms with van der Waals surface area (Å²) in [6.07, 6.45) is 0.351. The molecule has 1 radical (unpaired) electrons. The van der Waals surface area contributed by atoms with Crippen LogP contribution in [0, 0.1) is 0 Å². The van der Waals surface area contributed by atoms with E-state index in [0.717, 1.165) is 0 Å². The van der Waals surface area contributed by atoms with Gasteiger partial charge in [-0.1, -0.05) is 13.1 Å². The van der Waals surface area contributed by atoms with Crippen molar-refractivity contribution in [2.24, 2.45) is 0 Å². The van der Waals surface area contributed by atoms with Gasteiger partial charge in [-0.05, 0) is 19.6 Å². The van der Waals surface area contributed by atoms with Crippen LogP contribution in [0.5, 0.6) is 0 Å². The Balaban J connectivity index is 3.95. The van der Waals surface area contributed by atoms with Gasteiger partial charge >= 0.3 is 11.9 Å². The third kappa shape index (κ3) is 6.84. The first-order chi connectivity index (χ1) is 6.22. The molecule has 0 aliphatic carbocycles. The molecule has 0 heterocycles. The van der Waals surface area contributed by atoms with E-state index in [9.17, 15) is 9.59 Å². The summed E-state index contributed by atoms with van der Waals surface area (Å²) >= 11 is 0. The van der Waals surface area contributed by atoms with E-state index in [1.165, 1.54) is 0 Å². The van der Waals surface area contributed by atoms with Crippen LogP contribution in [-0.2, 0) is 18.8 Å². The van der Waals surface area contributed by atoms with E-state index in [2.05, 4.69) is 0 Å². The summed E-state index contributed by atoms with van der Waals surface area (Å²) in [6, 6.07) is 0. The predicted octanol–water partition coefficient (Wildman–Crippen LogP) is 1.20. The van der Waals surface area contributed by atoms with Crippen molar-refractivity contribution < 1.29 is 18.8 Å². The first-order valence-electron chi connectivity index (χ1n) is 4.41. The van der Waals surface area contributed by atoms with Gasteiger partial charge in [0.05, 0.1) is 15.0 Å². The van der Waals surface area contributed by atoms with Gasteiger partial charge < -0.3 is 9.16 Å². The molecular weight excluding hydrogens is 216 g/mol. The van der Waals surface area contributed by atoms with Crippen molar-refractivity contribution in [3.05, 3.63) is 0 Å². The zero-order chi connectivity index (χ0) is 11.4. The molecule has 0 aromatic rings. The lowest BCUT2D eigenvalue weighted by atomic mass is 10.7. The average molecular weight is 233 g/mol. The van der Waals surface area contributed by atoms with E-state index in [1.54, 1.807) is 0 Å². The van der Waals surface area contributed by atoms with Crippen LogP contribution in [-0.4, -0.2) is 35.3 Å². The number of rotatable bonds is 3. The predicted molar refractivity (Wildman–Crippen MR) is 57.9 cm³/mol. The fourth-order valence-electron chi connectivity index (χ4n) is 0.589. The van der Waals surface area contributed by atoms with Gasteiger partial charge in [0.25, 0.3) is 0 Å². The first kappa shape index (κ1) is 13.4. The van der Waals surface area contributed by atoms with Gasteiger partial charge in [-0.15, -0.1) is 0 Å².